The van der Waals surface area contributed by atoms with E-state index in [0.29, 0.717) is 5.56 Å². The lowest BCUT2D eigenvalue weighted by Gasteiger charge is -2.52. The maximum absolute atomic E-state index is 14.1. The Kier molecular flexibility index (Phi) is 8.85. The summed E-state index contributed by atoms with van der Waals surface area (Å²) >= 11 is 0. The smallest absolute Gasteiger partial charge is 0.235 e. The summed E-state index contributed by atoms with van der Waals surface area (Å²) in [5.41, 5.74) is 5.91. The number of aromatic hydroxyl groups is 1. The Morgan fingerprint density at radius 1 is 1.00 bits per heavy atom. The molecule has 0 bridgehead atoms. The number of rotatable bonds is 9. The maximum atomic E-state index is 14.1. The molecule has 5 rings (SSSR count). The predicted molar refractivity (Wildman–Crippen MR) is 166 cm³/mol. The van der Waals surface area contributed by atoms with Gasteiger partial charge in [0.25, 0.3) is 0 Å². The minimum absolute atomic E-state index is 0.00898. The molecule has 0 aromatic heterocycles. The summed E-state index contributed by atoms with van der Waals surface area (Å²) < 4.78 is 0. The van der Waals surface area contributed by atoms with Gasteiger partial charge in [0.2, 0.25) is 5.91 Å². The predicted octanol–water partition coefficient (Wildman–Crippen LogP) is 0.918. The number of hydrogen-bond acceptors (Lipinski definition) is 10. The number of carbonyl (C=O) groups is 5. The lowest BCUT2D eigenvalue weighted by Crippen LogP contribution is -2.74. The van der Waals surface area contributed by atoms with E-state index < -0.39 is 64.4 Å². The van der Waals surface area contributed by atoms with Crippen LogP contribution < -0.4 is 5.73 Å². The number of carbonyl (C=O) groups excluding carboxylic acids is 5. The first kappa shape index (κ1) is 32.6. The summed E-state index contributed by atoms with van der Waals surface area (Å²) in [7, 11) is 9.30. The number of likely N-dealkylation sites (N-methyl/N-ethyl adjacent to an activating group) is 1. The van der Waals surface area contributed by atoms with Gasteiger partial charge in [-0.15, -0.1) is 0 Å². The Balaban J connectivity index is 1.52. The quantitative estimate of drug-likeness (QED) is 0.345. The Morgan fingerprint density at radius 3 is 2.36 bits per heavy atom. The number of amides is 1. The number of Topliss-reactive ketones (excluding diaryl/α,β-unsaturated/α-hetero) is 4. The number of aliphatic hydroxyl groups is 1. The van der Waals surface area contributed by atoms with Crippen LogP contribution >= 0.6 is 0 Å². The molecule has 1 amide bonds. The summed E-state index contributed by atoms with van der Waals surface area (Å²) in [4.78, 5) is 73.0. The Hall–Kier alpha value is -3.77. The zero-order chi connectivity index (χ0) is 33.0. The maximum Gasteiger partial charge on any atom is 0.235 e. The van der Waals surface area contributed by atoms with Crippen LogP contribution in [0, 0.1) is 23.7 Å². The highest BCUT2D eigenvalue weighted by Crippen LogP contribution is 2.51. The monoisotopic (exact) mass is 618 g/mol. The van der Waals surface area contributed by atoms with Crippen molar-refractivity contribution >= 4 is 29.0 Å². The van der Waals surface area contributed by atoms with Gasteiger partial charge < -0.3 is 25.7 Å². The van der Waals surface area contributed by atoms with Crippen LogP contribution in [0.5, 0.6) is 5.75 Å². The molecule has 45 heavy (non-hydrogen) atoms. The van der Waals surface area contributed by atoms with Crippen LogP contribution in [0.4, 0.5) is 0 Å². The number of phenols is 1. The summed E-state index contributed by atoms with van der Waals surface area (Å²) in [6.07, 6.45) is 1.25. The number of hydrogen-bond donors (Lipinski definition) is 3. The molecule has 2 fully saturated rings. The first-order chi connectivity index (χ1) is 21.2. The lowest BCUT2D eigenvalue weighted by atomic mass is 9.52. The van der Waals surface area contributed by atoms with Crippen LogP contribution in [0.3, 0.4) is 0 Å². The third kappa shape index (κ3) is 5.52. The van der Waals surface area contributed by atoms with E-state index >= 15 is 0 Å². The number of benzene rings is 2. The second kappa shape index (κ2) is 12.2. The molecule has 11 nitrogen and oxygen atoms in total. The molecule has 0 radical (unpaired) electrons. The molecule has 0 spiro atoms. The third-order valence-electron chi connectivity index (χ3n) is 9.78. The number of nitrogens with zero attached hydrogens (tertiary/aromatic N) is 3. The zero-order valence-corrected chi connectivity index (χ0v) is 26.4. The van der Waals surface area contributed by atoms with E-state index in [4.69, 9.17) is 5.73 Å². The summed E-state index contributed by atoms with van der Waals surface area (Å²) in [5, 5.41) is 22.7. The molecular weight excluding hydrogens is 576 g/mol. The van der Waals surface area contributed by atoms with Gasteiger partial charge in [0.1, 0.15) is 5.75 Å². The average Bonchev–Trinajstić information content (AvgIpc) is 2.94. The van der Waals surface area contributed by atoms with E-state index in [9.17, 15) is 34.2 Å². The van der Waals surface area contributed by atoms with Crippen molar-refractivity contribution in [3.05, 3.63) is 53.1 Å². The highest BCUT2D eigenvalue weighted by atomic mass is 16.3. The van der Waals surface area contributed by atoms with Gasteiger partial charge in [0.15, 0.2) is 34.7 Å². The van der Waals surface area contributed by atoms with Gasteiger partial charge in [-0.1, -0.05) is 24.3 Å². The van der Waals surface area contributed by atoms with Crippen molar-refractivity contribution in [2.24, 2.45) is 29.4 Å². The molecule has 2 aromatic rings. The standard InChI is InChI=1S/C34H42N4O7/c1-36(2)12-7-13-38(5)17-18-8-6-9-19(14-18)21-10-11-24(39)26-22(21)15-20-16-23-28(37(3)4)30(41)27(33(35)44)32(43)34(23,45)31(42)25(20)29(26)40/h6,8-11,14,20,23,25,27-28,39,45H,7,12-13,15-17H2,1-5H3,(H2,35,44)/t20-,23-,25?,27?,28?,34-/m0/s1. The molecule has 2 aromatic carbocycles. The Labute approximate surface area is 263 Å². The highest BCUT2D eigenvalue weighted by Gasteiger charge is 2.69. The second-order valence-electron chi connectivity index (χ2n) is 13.4. The van der Waals surface area contributed by atoms with Gasteiger partial charge in [-0.05, 0) is 108 Å². The number of ketones is 4. The van der Waals surface area contributed by atoms with Crippen LogP contribution in [-0.2, 0) is 32.1 Å². The minimum atomic E-state index is -2.74. The SMILES string of the molecule is CN(C)CCCN(C)Cc1cccc(-c2ccc(O)c3c2C[C@H]2C[C@H]4C(N(C)C)C(=O)C(C(N)=O)C(=O)[C@@]4(O)C(=O)C2C3=O)c1. The molecule has 2 saturated carbocycles. The zero-order valence-electron chi connectivity index (χ0n) is 26.4. The van der Waals surface area contributed by atoms with Crippen molar-refractivity contribution in [2.75, 3.05) is 48.3 Å². The summed E-state index contributed by atoms with van der Waals surface area (Å²) in [5.74, 6) is -10.5. The average molecular weight is 619 g/mol. The summed E-state index contributed by atoms with van der Waals surface area (Å²) in [6, 6.07) is 10.0. The van der Waals surface area contributed by atoms with Gasteiger partial charge in [-0.2, -0.15) is 0 Å². The van der Waals surface area contributed by atoms with E-state index in [1.807, 2.05) is 32.3 Å². The van der Waals surface area contributed by atoms with E-state index in [1.165, 1.54) is 11.0 Å². The van der Waals surface area contributed by atoms with Crippen LogP contribution in [0.2, 0.25) is 0 Å². The molecule has 6 atom stereocenters. The Morgan fingerprint density at radius 2 is 1.71 bits per heavy atom. The molecule has 3 aliphatic carbocycles. The lowest BCUT2D eigenvalue weighted by molar-refractivity contribution is -0.181. The first-order valence-electron chi connectivity index (χ1n) is 15.3. The third-order valence-corrected chi connectivity index (χ3v) is 9.78. The topological polar surface area (TPSA) is 162 Å². The summed E-state index contributed by atoms with van der Waals surface area (Å²) in [6.45, 7) is 2.64. The molecule has 3 aliphatic rings. The van der Waals surface area contributed by atoms with Crippen LogP contribution in [0.25, 0.3) is 11.1 Å². The van der Waals surface area contributed by atoms with E-state index in [2.05, 4.69) is 22.9 Å². The van der Waals surface area contributed by atoms with E-state index in [-0.39, 0.29) is 24.2 Å². The number of nitrogens with two attached hydrogens (primary N) is 1. The van der Waals surface area contributed by atoms with Crippen LogP contribution in [-0.4, -0.2) is 114 Å². The second-order valence-corrected chi connectivity index (χ2v) is 13.4. The Bertz CT molecular complexity index is 1570. The molecular formula is C34H42N4O7. The fourth-order valence-electron chi connectivity index (χ4n) is 7.76. The van der Waals surface area contributed by atoms with Crippen molar-refractivity contribution in [3.63, 3.8) is 0 Å². The number of fused-ring (bicyclic) bond motifs is 3. The van der Waals surface area contributed by atoms with Crippen molar-refractivity contribution in [1.82, 2.24) is 14.7 Å². The van der Waals surface area contributed by atoms with E-state index in [1.54, 1.807) is 20.2 Å². The first-order valence-corrected chi connectivity index (χ1v) is 15.3. The van der Waals surface area contributed by atoms with Crippen LogP contribution in [0.15, 0.2) is 36.4 Å². The van der Waals surface area contributed by atoms with Gasteiger partial charge in [0, 0.05) is 12.5 Å². The fourth-order valence-corrected chi connectivity index (χ4v) is 7.76. The van der Waals surface area contributed by atoms with Gasteiger partial charge >= 0.3 is 0 Å². The van der Waals surface area contributed by atoms with Crippen LogP contribution in [0.1, 0.15) is 34.3 Å². The molecule has 3 unspecified atom stereocenters. The van der Waals surface area contributed by atoms with Crippen molar-refractivity contribution in [3.8, 4) is 16.9 Å². The van der Waals surface area contributed by atoms with Crippen molar-refractivity contribution in [2.45, 2.75) is 37.5 Å². The highest BCUT2D eigenvalue weighted by molar-refractivity contribution is 6.32. The van der Waals surface area contributed by atoms with E-state index in [0.717, 1.165) is 42.7 Å². The molecule has 0 saturated heterocycles. The largest absolute Gasteiger partial charge is 0.507 e. The molecule has 11 heteroatoms. The molecule has 240 valence electrons. The minimum Gasteiger partial charge on any atom is -0.507 e. The van der Waals surface area contributed by atoms with Gasteiger partial charge in [-0.3, -0.25) is 28.9 Å². The normalized spacial score (nSPS) is 28.0. The van der Waals surface area contributed by atoms with Crippen molar-refractivity contribution < 1.29 is 34.2 Å². The number of primary amides is 1. The molecule has 4 N–H and O–H groups in total. The van der Waals surface area contributed by atoms with Gasteiger partial charge in [0.05, 0.1) is 17.5 Å². The number of phenolic OH excluding ortho intramolecular Hbond substituents is 1. The molecule has 0 aliphatic heterocycles. The van der Waals surface area contributed by atoms with Crippen molar-refractivity contribution in [1.29, 1.82) is 0 Å². The van der Waals surface area contributed by atoms with Gasteiger partial charge in [-0.25, -0.2) is 0 Å². The fraction of sp³-hybridized carbons (Fsp3) is 0.500. The molecule has 0 heterocycles.